The minimum Gasteiger partial charge on any atom is -0.449 e. The average Bonchev–Trinajstić information content (AvgIpc) is 3.27. The topological polar surface area (TPSA) is 80.3 Å². The molecular formula is C24H30F3N3O3. The molecule has 3 aliphatic carbocycles. The van der Waals surface area contributed by atoms with E-state index in [1.54, 1.807) is 6.07 Å². The van der Waals surface area contributed by atoms with Crippen LogP contribution in [0.25, 0.3) is 0 Å². The van der Waals surface area contributed by atoms with E-state index in [-0.39, 0.29) is 17.7 Å². The van der Waals surface area contributed by atoms with Gasteiger partial charge in [0, 0.05) is 11.2 Å². The van der Waals surface area contributed by atoms with E-state index in [2.05, 4.69) is 27.8 Å². The molecular weight excluding hydrogens is 435 g/mol. The summed E-state index contributed by atoms with van der Waals surface area (Å²) in [5, 5.41) is 6.10. The summed E-state index contributed by atoms with van der Waals surface area (Å²) in [5.41, 5.74) is 0.236. The van der Waals surface area contributed by atoms with Crippen molar-refractivity contribution in [2.24, 2.45) is 17.8 Å². The van der Waals surface area contributed by atoms with Gasteiger partial charge < -0.3 is 15.4 Å². The summed E-state index contributed by atoms with van der Waals surface area (Å²) < 4.78 is 41.9. The predicted molar refractivity (Wildman–Crippen MR) is 115 cm³/mol. The standard InChI is InChI=1S/C24H30F3N3O3/c1-15-6-9-23(29-20(31)19-5-3-4-16(2)28-19)14-18(23)17-7-8-22(12-15,13-17)30-21(32)33-11-10-24(25,26)27/h3-6,9,15,17-18H,7-8,10-14H2,1-2H3,(H,29,31)(H,30,32). The fraction of sp³-hybridized carbons (Fsp3) is 0.625. The summed E-state index contributed by atoms with van der Waals surface area (Å²) in [7, 11) is 0. The third-order valence-electron chi connectivity index (χ3n) is 7.16. The molecule has 2 fully saturated rings. The van der Waals surface area contributed by atoms with Gasteiger partial charge >= 0.3 is 12.3 Å². The van der Waals surface area contributed by atoms with E-state index in [0.717, 1.165) is 31.4 Å². The van der Waals surface area contributed by atoms with E-state index < -0.39 is 36.4 Å². The van der Waals surface area contributed by atoms with Crippen LogP contribution in [0.5, 0.6) is 0 Å². The molecule has 5 atom stereocenters. The first-order valence-electron chi connectivity index (χ1n) is 11.5. The Labute approximate surface area is 191 Å². The van der Waals surface area contributed by atoms with Crippen molar-refractivity contribution >= 4 is 12.0 Å². The Kier molecular flexibility index (Phi) is 6.18. The SMILES string of the molecule is Cc1cccc(C(=O)NC23C=CC(C)CC4(NC(=O)OCCC(F)(F)F)CCC(C4)C2C3)n1. The molecule has 0 aliphatic heterocycles. The van der Waals surface area contributed by atoms with E-state index in [1.165, 1.54) is 0 Å². The number of pyridine rings is 1. The lowest BCUT2D eigenvalue weighted by atomic mass is 9.85. The van der Waals surface area contributed by atoms with Gasteiger partial charge in [0.05, 0.1) is 12.0 Å². The molecule has 5 unspecified atom stereocenters. The van der Waals surface area contributed by atoms with E-state index in [0.29, 0.717) is 18.0 Å². The predicted octanol–water partition coefficient (Wildman–Crippen LogP) is 4.69. The van der Waals surface area contributed by atoms with E-state index in [4.69, 9.17) is 4.74 Å². The van der Waals surface area contributed by atoms with Crippen molar-refractivity contribution in [2.45, 2.75) is 69.6 Å². The molecule has 1 heterocycles. The minimum absolute atomic E-state index is 0.115. The van der Waals surface area contributed by atoms with Crippen LogP contribution in [0.3, 0.4) is 0 Å². The van der Waals surface area contributed by atoms with E-state index in [9.17, 15) is 22.8 Å². The highest BCUT2D eigenvalue weighted by molar-refractivity contribution is 5.93. The highest BCUT2D eigenvalue weighted by Crippen LogP contribution is 2.57. The normalized spacial score (nSPS) is 32.7. The van der Waals surface area contributed by atoms with Gasteiger partial charge in [0.2, 0.25) is 0 Å². The van der Waals surface area contributed by atoms with Gasteiger partial charge in [0.25, 0.3) is 5.91 Å². The second-order valence-corrected chi connectivity index (χ2v) is 9.92. The third kappa shape index (κ3) is 5.50. The second-order valence-electron chi connectivity index (χ2n) is 9.92. The van der Waals surface area contributed by atoms with Crippen LogP contribution in [0.15, 0.2) is 30.4 Å². The number of alkyl carbamates (subject to hydrolysis) is 1. The van der Waals surface area contributed by atoms with Crippen LogP contribution in [0.2, 0.25) is 0 Å². The zero-order valence-corrected chi connectivity index (χ0v) is 18.9. The number of aryl methyl sites for hydroxylation is 1. The Balaban J connectivity index is 1.43. The highest BCUT2D eigenvalue weighted by atomic mass is 19.4. The van der Waals surface area contributed by atoms with Gasteiger partial charge in [-0.25, -0.2) is 9.78 Å². The summed E-state index contributed by atoms with van der Waals surface area (Å²) >= 11 is 0. The molecule has 6 nitrogen and oxygen atoms in total. The number of hydrogen-bond donors (Lipinski definition) is 2. The maximum atomic E-state index is 12.9. The number of halogens is 3. The number of carbonyl (C=O) groups excluding carboxylic acids is 2. The fourth-order valence-electron chi connectivity index (χ4n) is 5.61. The number of nitrogens with one attached hydrogen (secondary N) is 2. The van der Waals surface area contributed by atoms with Gasteiger partial charge in [0.1, 0.15) is 12.3 Å². The summed E-state index contributed by atoms with van der Waals surface area (Å²) in [6.45, 7) is 3.20. The van der Waals surface area contributed by atoms with Crippen molar-refractivity contribution in [3.63, 3.8) is 0 Å². The lowest BCUT2D eigenvalue weighted by Gasteiger charge is -2.32. The molecule has 180 valence electrons. The van der Waals surface area contributed by atoms with Crippen LogP contribution in [0.1, 0.15) is 61.6 Å². The number of alkyl halides is 3. The molecule has 1 aromatic rings. The van der Waals surface area contributed by atoms with E-state index >= 15 is 0 Å². The Morgan fingerprint density at radius 3 is 2.73 bits per heavy atom. The molecule has 0 saturated heterocycles. The Bertz CT molecular complexity index is 950. The van der Waals surface area contributed by atoms with Crippen molar-refractivity contribution in [3.05, 3.63) is 41.7 Å². The van der Waals surface area contributed by atoms with Gasteiger partial charge in [-0.3, -0.25) is 4.79 Å². The van der Waals surface area contributed by atoms with Crippen molar-refractivity contribution < 1.29 is 27.5 Å². The molecule has 33 heavy (non-hydrogen) atoms. The molecule has 2 bridgehead atoms. The van der Waals surface area contributed by atoms with Crippen LogP contribution in [0, 0.1) is 24.7 Å². The second kappa shape index (κ2) is 8.65. The monoisotopic (exact) mass is 465 g/mol. The van der Waals surface area contributed by atoms with Crippen molar-refractivity contribution in [1.82, 2.24) is 15.6 Å². The van der Waals surface area contributed by atoms with Crippen LogP contribution in [-0.4, -0.2) is 40.8 Å². The zero-order chi connectivity index (χ0) is 23.9. The maximum absolute atomic E-state index is 12.9. The molecule has 2 amide bonds. The smallest absolute Gasteiger partial charge is 0.407 e. The van der Waals surface area contributed by atoms with Crippen LogP contribution < -0.4 is 10.6 Å². The Morgan fingerprint density at radius 1 is 1.21 bits per heavy atom. The minimum atomic E-state index is -4.36. The van der Waals surface area contributed by atoms with Gasteiger partial charge in [-0.15, -0.1) is 0 Å². The largest absolute Gasteiger partial charge is 0.449 e. The molecule has 1 aromatic heterocycles. The molecule has 2 N–H and O–H groups in total. The molecule has 2 saturated carbocycles. The number of fused-ring (bicyclic) bond motifs is 4. The zero-order valence-electron chi connectivity index (χ0n) is 18.9. The summed E-state index contributed by atoms with van der Waals surface area (Å²) in [6, 6.07) is 5.35. The molecule has 0 aromatic carbocycles. The van der Waals surface area contributed by atoms with Crippen LogP contribution in [0.4, 0.5) is 18.0 Å². The maximum Gasteiger partial charge on any atom is 0.407 e. The number of hydrogen-bond acceptors (Lipinski definition) is 4. The lowest BCUT2D eigenvalue weighted by Crippen LogP contribution is -2.48. The highest BCUT2D eigenvalue weighted by Gasteiger charge is 2.60. The van der Waals surface area contributed by atoms with Crippen molar-refractivity contribution in [1.29, 1.82) is 0 Å². The average molecular weight is 466 g/mol. The molecule has 0 radical (unpaired) electrons. The van der Waals surface area contributed by atoms with Crippen molar-refractivity contribution in [2.75, 3.05) is 6.61 Å². The quantitative estimate of drug-likeness (QED) is 0.618. The first-order chi connectivity index (χ1) is 15.5. The number of aromatic nitrogens is 1. The van der Waals surface area contributed by atoms with Gasteiger partial charge in [-0.1, -0.05) is 25.1 Å². The number of rotatable bonds is 5. The summed E-state index contributed by atoms with van der Waals surface area (Å²) in [5.74, 6) is 0.455. The van der Waals surface area contributed by atoms with E-state index in [1.807, 2.05) is 26.0 Å². The summed E-state index contributed by atoms with van der Waals surface area (Å²) in [4.78, 5) is 29.5. The Morgan fingerprint density at radius 2 is 2.00 bits per heavy atom. The van der Waals surface area contributed by atoms with Crippen molar-refractivity contribution in [3.8, 4) is 0 Å². The molecule has 9 heteroatoms. The number of nitrogens with zero attached hydrogens (tertiary/aromatic N) is 1. The lowest BCUT2D eigenvalue weighted by molar-refractivity contribution is -0.141. The van der Waals surface area contributed by atoms with Gasteiger partial charge in [-0.05, 0) is 68.9 Å². The van der Waals surface area contributed by atoms with Gasteiger partial charge in [0.15, 0.2) is 0 Å². The number of amides is 2. The number of allylic oxidation sites excluding steroid dienone is 1. The summed E-state index contributed by atoms with van der Waals surface area (Å²) in [6.07, 6.45) is 1.69. The van der Waals surface area contributed by atoms with Crippen LogP contribution >= 0.6 is 0 Å². The number of carbonyl (C=O) groups is 2. The Hall–Kier alpha value is -2.58. The first-order valence-corrected chi connectivity index (χ1v) is 11.5. The fourth-order valence-corrected chi connectivity index (χ4v) is 5.61. The first kappa shape index (κ1) is 23.6. The third-order valence-corrected chi connectivity index (χ3v) is 7.16. The van der Waals surface area contributed by atoms with Gasteiger partial charge in [-0.2, -0.15) is 13.2 Å². The molecule has 0 spiro atoms. The number of ether oxygens (including phenoxy) is 1. The van der Waals surface area contributed by atoms with Crippen LogP contribution in [-0.2, 0) is 4.74 Å². The molecule has 4 rings (SSSR count). The molecule has 3 aliphatic rings.